The molecule has 0 bridgehead atoms. The highest BCUT2D eigenvalue weighted by Gasteiger charge is 2.18. The fourth-order valence-electron chi connectivity index (χ4n) is 2.96. The topological polar surface area (TPSA) is 82.8 Å². The molecule has 4 aromatic rings. The Bertz CT molecular complexity index is 1120. The lowest BCUT2D eigenvalue weighted by Gasteiger charge is -2.19. The molecule has 8 heteroatoms. The minimum Gasteiger partial charge on any atom is -0.459 e. The molecule has 0 amide bonds. The molecule has 0 fully saturated rings. The molecule has 1 aromatic carbocycles. The predicted molar refractivity (Wildman–Crippen MR) is 116 cm³/mol. The van der Waals surface area contributed by atoms with E-state index >= 15 is 0 Å². The first kappa shape index (κ1) is 20.2. The summed E-state index contributed by atoms with van der Waals surface area (Å²) in [6, 6.07) is 12.0. The molecule has 3 aromatic heterocycles. The summed E-state index contributed by atoms with van der Waals surface area (Å²) in [6.07, 6.45) is 3.41. The zero-order chi connectivity index (χ0) is 21.1. The van der Waals surface area contributed by atoms with E-state index in [4.69, 9.17) is 8.83 Å². The lowest BCUT2D eigenvalue weighted by Crippen LogP contribution is -2.10. The van der Waals surface area contributed by atoms with Crippen LogP contribution in [0, 0.1) is 0 Å². The molecular formula is C22H23N5O2S. The molecule has 4 rings (SSSR count). The Labute approximate surface area is 179 Å². The highest BCUT2D eigenvalue weighted by Crippen LogP contribution is 2.29. The van der Waals surface area contributed by atoms with Crippen LogP contribution in [-0.2, 0) is 17.7 Å². The van der Waals surface area contributed by atoms with Crippen LogP contribution in [0.2, 0.25) is 0 Å². The summed E-state index contributed by atoms with van der Waals surface area (Å²) in [6.45, 7) is 11.1. The molecule has 0 saturated heterocycles. The normalized spacial score (nSPS) is 11.7. The summed E-state index contributed by atoms with van der Waals surface area (Å²) in [5, 5.41) is 17.7. The number of nitrogens with zero attached hydrogens (tertiary/aromatic N) is 5. The second kappa shape index (κ2) is 8.31. The van der Waals surface area contributed by atoms with Crippen LogP contribution in [0.5, 0.6) is 0 Å². The van der Waals surface area contributed by atoms with Crippen molar-refractivity contribution in [2.24, 2.45) is 0 Å². The van der Waals surface area contributed by atoms with Gasteiger partial charge in [0.2, 0.25) is 5.89 Å². The van der Waals surface area contributed by atoms with E-state index in [1.807, 2.05) is 10.6 Å². The number of thioether (sulfide) groups is 1. The van der Waals surface area contributed by atoms with Gasteiger partial charge in [0.25, 0.3) is 5.89 Å². The van der Waals surface area contributed by atoms with Gasteiger partial charge in [-0.05, 0) is 23.1 Å². The first-order valence-electron chi connectivity index (χ1n) is 9.60. The van der Waals surface area contributed by atoms with Gasteiger partial charge in [0.05, 0.1) is 12.0 Å². The molecule has 0 aliphatic carbocycles. The van der Waals surface area contributed by atoms with Gasteiger partial charge < -0.3 is 8.83 Å². The van der Waals surface area contributed by atoms with Crippen LogP contribution >= 0.6 is 11.8 Å². The van der Waals surface area contributed by atoms with Gasteiger partial charge in [-0.1, -0.05) is 62.9 Å². The van der Waals surface area contributed by atoms with Crippen LogP contribution in [0.1, 0.15) is 32.2 Å². The first-order valence-corrected chi connectivity index (χ1v) is 10.6. The van der Waals surface area contributed by atoms with E-state index in [2.05, 4.69) is 72.0 Å². The smallest absolute Gasteiger partial charge is 0.283 e. The van der Waals surface area contributed by atoms with Crippen molar-refractivity contribution in [3.05, 3.63) is 66.8 Å². The Kier molecular flexibility index (Phi) is 5.59. The number of hydrogen-bond donors (Lipinski definition) is 0. The van der Waals surface area contributed by atoms with Crippen molar-refractivity contribution >= 4 is 11.8 Å². The molecule has 0 spiro atoms. The molecule has 0 N–H and O–H groups in total. The molecule has 0 unspecified atom stereocenters. The fourth-order valence-corrected chi connectivity index (χ4v) is 3.74. The van der Waals surface area contributed by atoms with E-state index < -0.39 is 0 Å². The quantitative estimate of drug-likeness (QED) is 0.293. The van der Waals surface area contributed by atoms with Gasteiger partial charge in [-0.25, -0.2) is 0 Å². The SMILES string of the molecule is C=CCn1c(SCc2nnc(-c3ccco3)o2)nnc1-c1ccc(C(C)(C)C)cc1. The molecule has 0 saturated carbocycles. The lowest BCUT2D eigenvalue weighted by atomic mass is 9.87. The maximum absolute atomic E-state index is 5.67. The molecule has 154 valence electrons. The van der Waals surface area contributed by atoms with Crippen LogP contribution in [0.15, 0.2) is 69.3 Å². The molecule has 0 aliphatic heterocycles. The zero-order valence-corrected chi connectivity index (χ0v) is 18.0. The number of benzene rings is 1. The van der Waals surface area contributed by atoms with E-state index in [-0.39, 0.29) is 5.41 Å². The van der Waals surface area contributed by atoms with Gasteiger partial charge in [0, 0.05) is 12.1 Å². The van der Waals surface area contributed by atoms with Gasteiger partial charge in [-0.3, -0.25) is 4.57 Å². The van der Waals surface area contributed by atoms with Crippen LogP contribution in [0.25, 0.3) is 23.0 Å². The number of hydrogen-bond acceptors (Lipinski definition) is 7. The second-order valence-corrected chi connectivity index (χ2v) is 8.74. The summed E-state index contributed by atoms with van der Waals surface area (Å²) in [4.78, 5) is 0. The van der Waals surface area contributed by atoms with Crippen LogP contribution in [0.4, 0.5) is 0 Å². The highest BCUT2D eigenvalue weighted by molar-refractivity contribution is 7.98. The monoisotopic (exact) mass is 421 g/mol. The van der Waals surface area contributed by atoms with E-state index in [9.17, 15) is 0 Å². The molecular weight excluding hydrogens is 398 g/mol. The molecule has 0 aliphatic rings. The van der Waals surface area contributed by atoms with Gasteiger partial charge in [-0.2, -0.15) is 0 Å². The maximum Gasteiger partial charge on any atom is 0.283 e. The third-order valence-corrected chi connectivity index (χ3v) is 5.51. The summed E-state index contributed by atoms with van der Waals surface area (Å²) in [7, 11) is 0. The Morgan fingerprint density at radius 1 is 1.07 bits per heavy atom. The Hall–Kier alpha value is -3.13. The average Bonchev–Trinajstić information content (AvgIpc) is 3.47. The van der Waals surface area contributed by atoms with E-state index in [1.54, 1.807) is 18.4 Å². The van der Waals surface area contributed by atoms with Crippen LogP contribution in [0.3, 0.4) is 0 Å². The molecule has 3 heterocycles. The second-order valence-electron chi connectivity index (χ2n) is 7.80. The number of rotatable bonds is 7. The Balaban J connectivity index is 1.53. The van der Waals surface area contributed by atoms with Gasteiger partial charge in [-0.15, -0.1) is 27.0 Å². The van der Waals surface area contributed by atoms with Gasteiger partial charge in [0.1, 0.15) is 0 Å². The molecule has 30 heavy (non-hydrogen) atoms. The largest absolute Gasteiger partial charge is 0.459 e. The van der Waals surface area contributed by atoms with E-state index in [0.29, 0.717) is 29.8 Å². The van der Waals surface area contributed by atoms with Crippen LogP contribution in [-0.4, -0.2) is 25.0 Å². The number of furan rings is 1. The van der Waals surface area contributed by atoms with Gasteiger partial charge >= 0.3 is 0 Å². The fraction of sp³-hybridized carbons (Fsp3) is 0.273. The van der Waals surface area contributed by atoms with E-state index in [1.165, 1.54) is 17.3 Å². The Morgan fingerprint density at radius 3 is 2.53 bits per heavy atom. The summed E-state index contributed by atoms with van der Waals surface area (Å²) in [5.74, 6) is 2.69. The standard InChI is InChI=1S/C22H23N5O2S/c1-5-12-27-19(15-8-10-16(11-9-15)22(2,3)4)24-26-21(27)30-14-18-23-25-20(29-18)17-7-6-13-28-17/h5-11,13H,1,12,14H2,2-4H3. The average molecular weight is 422 g/mol. The predicted octanol–water partition coefficient (Wildman–Crippen LogP) is 5.36. The first-order chi connectivity index (χ1) is 14.5. The minimum absolute atomic E-state index is 0.104. The lowest BCUT2D eigenvalue weighted by molar-refractivity contribution is 0.494. The maximum atomic E-state index is 5.67. The Morgan fingerprint density at radius 2 is 1.87 bits per heavy atom. The summed E-state index contributed by atoms with van der Waals surface area (Å²) < 4.78 is 13.0. The van der Waals surface area contributed by atoms with Crippen molar-refractivity contribution in [3.63, 3.8) is 0 Å². The van der Waals surface area contributed by atoms with Crippen molar-refractivity contribution in [2.45, 2.75) is 43.6 Å². The van der Waals surface area contributed by atoms with Crippen molar-refractivity contribution in [2.75, 3.05) is 0 Å². The molecule has 7 nitrogen and oxygen atoms in total. The number of allylic oxidation sites excluding steroid dienone is 1. The van der Waals surface area contributed by atoms with Crippen molar-refractivity contribution in [1.82, 2.24) is 25.0 Å². The summed E-state index contributed by atoms with van der Waals surface area (Å²) in [5.41, 5.74) is 2.40. The number of aromatic nitrogens is 5. The van der Waals surface area contributed by atoms with Gasteiger partial charge in [0.15, 0.2) is 16.7 Å². The third-order valence-electron chi connectivity index (χ3n) is 4.56. The highest BCUT2D eigenvalue weighted by atomic mass is 32.2. The zero-order valence-electron chi connectivity index (χ0n) is 17.2. The third kappa shape index (κ3) is 4.23. The van der Waals surface area contributed by atoms with Crippen molar-refractivity contribution < 1.29 is 8.83 Å². The van der Waals surface area contributed by atoms with Crippen LogP contribution < -0.4 is 0 Å². The van der Waals surface area contributed by atoms with Crippen molar-refractivity contribution in [3.8, 4) is 23.0 Å². The molecule has 0 atom stereocenters. The van der Waals surface area contributed by atoms with Crippen molar-refractivity contribution in [1.29, 1.82) is 0 Å². The minimum atomic E-state index is 0.104. The van der Waals surface area contributed by atoms with E-state index in [0.717, 1.165) is 16.5 Å². The molecule has 0 radical (unpaired) electrons. The summed E-state index contributed by atoms with van der Waals surface area (Å²) >= 11 is 1.49.